The van der Waals surface area contributed by atoms with Crippen molar-refractivity contribution < 1.29 is 18.9 Å². The van der Waals surface area contributed by atoms with Crippen LogP contribution < -0.4 is 9.47 Å². The summed E-state index contributed by atoms with van der Waals surface area (Å²) in [6.07, 6.45) is -0.297. The van der Waals surface area contributed by atoms with Crippen LogP contribution in [0.4, 0.5) is 0 Å². The van der Waals surface area contributed by atoms with E-state index < -0.39 is 0 Å². The van der Waals surface area contributed by atoms with Gasteiger partial charge >= 0.3 is 0 Å². The lowest BCUT2D eigenvalue weighted by atomic mass is 10.2. The molecule has 23 heavy (non-hydrogen) atoms. The predicted molar refractivity (Wildman–Crippen MR) is 87.7 cm³/mol. The van der Waals surface area contributed by atoms with Gasteiger partial charge in [0.15, 0.2) is 6.29 Å². The molecule has 4 nitrogen and oxygen atoms in total. The van der Waals surface area contributed by atoms with Gasteiger partial charge in [0.1, 0.15) is 17.6 Å². The summed E-state index contributed by atoms with van der Waals surface area (Å²) in [6, 6.07) is 17.6. The van der Waals surface area contributed by atoms with E-state index in [1.807, 2.05) is 68.4 Å². The largest absolute Gasteiger partial charge is 0.491 e. The van der Waals surface area contributed by atoms with E-state index in [2.05, 4.69) is 0 Å². The van der Waals surface area contributed by atoms with E-state index in [-0.39, 0.29) is 18.5 Å². The van der Waals surface area contributed by atoms with Gasteiger partial charge in [0.2, 0.25) is 0 Å². The molecule has 0 N–H and O–H groups in total. The van der Waals surface area contributed by atoms with Crippen molar-refractivity contribution in [1.29, 1.82) is 0 Å². The van der Waals surface area contributed by atoms with Gasteiger partial charge in [-0.05, 0) is 26.0 Å². The second kappa shape index (κ2) is 7.49. The van der Waals surface area contributed by atoms with Crippen LogP contribution in [-0.4, -0.2) is 25.4 Å². The zero-order valence-electron chi connectivity index (χ0n) is 13.5. The molecule has 1 saturated heterocycles. The summed E-state index contributed by atoms with van der Waals surface area (Å²) in [7, 11) is 0. The molecule has 1 aliphatic rings. The van der Waals surface area contributed by atoms with Crippen molar-refractivity contribution in [2.75, 3.05) is 13.2 Å². The number of rotatable bonds is 5. The van der Waals surface area contributed by atoms with Gasteiger partial charge in [0.05, 0.1) is 19.3 Å². The highest BCUT2D eigenvalue weighted by atomic mass is 16.7. The zero-order chi connectivity index (χ0) is 16.1. The second-order valence-electron chi connectivity index (χ2n) is 5.79. The Bertz CT molecular complexity index is 604. The molecule has 3 rings (SSSR count). The molecule has 4 heteroatoms. The molecule has 0 spiro atoms. The van der Waals surface area contributed by atoms with Gasteiger partial charge in [-0.1, -0.05) is 36.4 Å². The fraction of sp³-hybridized carbons (Fsp3) is 0.368. The molecule has 122 valence electrons. The summed E-state index contributed by atoms with van der Waals surface area (Å²) >= 11 is 0. The highest BCUT2D eigenvalue weighted by Crippen LogP contribution is 2.26. The first-order chi connectivity index (χ1) is 11.2. The summed E-state index contributed by atoms with van der Waals surface area (Å²) in [5.74, 6) is 1.57. The van der Waals surface area contributed by atoms with Crippen molar-refractivity contribution in [2.45, 2.75) is 32.3 Å². The molecular weight excluding hydrogens is 292 g/mol. The van der Waals surface area contributed by atoms with E-state index >= 15 is 0 Å². The van der Waals surface area contributed by atoms with E-state index in [4.69, 9.17) is 18.9 Å². The van der Waals surface area contributed by atoms with Crippen molar-refractivity contribution in [1.82, 2.24) is 0 Å². The van der Waals surface area contributed by atoms with E-state index in [1.165, 1.54) is 0 Å². The molecular formula is C19H22O4. The Kier molecular flexibility index (Phi) is 5.16. The summed E-state index contributed by atoms with van der Waals surface area (Å²) in [5, 5.41) is 0. The predicted octanol–water partition coefficient (Wildman–Crippen LogP) is 3.97. The Balaban J connectivity index is 1.54. The standard InChI is InChI=1S/C19H22O4/c1-14(2)22-16-9-6-10-17(11-16)23-18-12-20-19(21-13-18)15-7-4-3-5-8-15/h3-11,14,18-19H,12-13H2,1-2H3. The molecule has 1 fully saturated rings. The van der Waals surface area contributed by atoms with Crippen molar-refractivity contribution in [3.63, 3.8) is 0 Å². The van der Waals surface area contributed by atoms with Gasteiger partial charge in [0, 0.05) is 11.6 Å². The topological polar surface area (TPSA) is 36.9 Å². The van der Waals surface area contributed by atoms with Crippen LogP contribution in [0.3, 0.4) is 0 Å². The van der Waals surface area contributed by atoms with Gasteiger partial charge in [0.25, 0.3) is 0 Å². The summed E-state index contributed by atoms with van der Waals surface area (Å²) < 4.78 is 23.1. The highest BCUT2D eigenvalue weighted by molar-refractivity contribution is 5.33. The van der Waals surface area contributed by atoms with Crippen LogP contribution in [0, 0.1) is 0 Å². The normalized spacial score (nSPS) is 21.2. The minimum Gasteiger partial charge on any atom is -0.491 e. The van der Waals surface area contributed by atoms with E-state index in [0.717, 1.165) is 17.1 Å². The number of hydrogen-bond acceptors (Lipinski definition) is 4. The molecule has 0 saturated carbocycles. The first-order valence-corrected chi connectivity index (χ1v) is 7.92. The molecule has 1 heterocycles. The van der Waals surface area contributed by atoms with Gasteiger partial charge < -0.3 is 18.9 Å². The summed E-state index contributed by atoms with van der Waals surface area (Å²) in [6.45, 7) is 4.99. The maximum Gasteiger partial charge on any atom is 0.184 e. The lowest BCUT2D eigenvalue weighted by Gasteiger charge is -2.30. The average molecular weight is 314 g/mol. The van der Waals surface area contributed by atoms with Crippen LogP contribution in [0.1, 0.15) is 25.7 Å². The molecule has 0 bridgehead atoms. The molecule has 0 aliphatic carbocycles. The van der Waals surface area contributed by atoms with Gasteiger partial charge in [-0.25, -0.2) is 0 Å². The second-order valence-corrected chi connectivity index (χ2v) is 5.79. The van der Waals surface area contributed by atoms with E-state index in [9.17, 15) is 0 Å². The Morgan fingerprint density at radius 3 is 2.30 bits per heavy atom. The summed E-state index contributed by atoms with van der Waals surface area (Å²) in [5.41, 5.74) is 1.03. The first-order valence-electron chi connectivity index (χ1n) is 7.92. The monoisotopic (exact) mass is 314 g/mol. The maximum atomic E-state index is 5.93. The minimum absolute atomic E-state index is 0.121. The van der Waals surface area contributed by atoms with Crippen LogP contribution in [0.25, 0.3) is 0 Å². The third-order valence-corrected chi connectivity index (χ3v) is 3.42. The van der Waals surface area contributed by atoms with Gasteiger partial charge in [-0.2, -0.15) is 0 Å². The number of benzene rings is 2. The van der Waals surface area contributed by atoms with Crippen LogP contribution in [-0.2, 0) is 9.47 Å². The Hall–Kier alpha value is -2.04. The summed E-state index contributed by atoms with van der Waals surface area (Å²) in [4.78, 5) is 0. The number of hydrogen-bond donors (Lipinski definition) is 0. The third-order valence-electron chi connectivity index (χ3n) is 3.42. The zero-order valence-corrected chi connectivity index (χ0v) is 13.5. The molecule has 0 aromatic heterocycles. The first kappa shape index (κ1) is 15.8. The smallest absolute Gasteiger partial charge is 0.184 e. The Morgan fingerprint density at radius 2 is 1.61 bits per heavy atom. The van der Waals surface area contributed by atoms with E-state index in [0.29, 0.717) is 13.2 Å². The number of ether oxygens (including phenoxy) is 4. The van der Waals surface area contributed by atoms with Crippen molar-refractivity contribution >= 4 is 0 Å². The maximum absolute atomic E-state index is 5.93. The van der Waals surface area contributed by atoms with Crippen LogP contribution in [0.5, 0.6) is 11.5 Å². The molecule has 0 atom stereocenters. The van der Waals surface area contributed by atoms with Crippen molar-refractivity contribution in [2.24, 2.45) is 0 Å². The highest BCUT2D eigenvalue weighted by Gasteiger charge is 2.24. The Labute approximate surface area is 136 Å². The third kappa shape index (κ3) is 4.47. The minimum atomic E-state index is -0.313. The molecule has 1 aliphatic heterocycles. The lowest BCUT2D eigenvalue weighted by molar-refractivity contribution is -0.215. The lowest BCUT2D eigenvalue weighted by Crippen LogP contribution is -2.35. The molecule has 0 radical (unpaired) electrons. The average Bonchev–Trinajstić information content (AvgIpc) is 2.56. The molecule has 0 amide bonds. The van der Waals surface area contributed by atoms with E-state index in [1.54, 1.807) is 0 Å². The molecule has 2 aromatic carbocycles. The Morgan fingerprint density at radius 1 is 0.913 bits per heavy atom. The van der Waals surface area contributed by atoms with Crippen LogP contribution in [0.2, 0.25) is 0 Å². The molecule has 2 aromatic rings. The van der Waals surface area contributed by atoms with Gasteiger partial charge in [-0.3, -0.25) is 0 Å². The van der Waals surface area contributed by atoms with Crippen molar-refractivity contribution in [3.05, 3.63) is 60.2 Å². The molecule has 0 unspecified atom stereocenters. The van der Waals surface area contributed by atoms with Crippen molar-refractivity contribution in [3.8, 4) is 11.5 Å². The fourth-order valence-corrected chi connectivity index (χ4v) is 2.44. The van der Waals surface area contributed by atoms with Crippen LogP contribution in [0.15, 0.2) is 54.6 Å². The quantitative estimate of drug-likeness (QED) is 0.837. The van der Waals surface area contributed by atoms with Gasteiger partial charge in [-0.15, -0.1) is 0 Å². The fourth-order valence-electron chi connectivity index (χ4n) is 2.44. The van der Waals surface area contributed by atoms with Crippen LogP contribution >= 0.6 is 0 Å². The SMILES string of the molecule is CC(C)Oc1cccc(OC2COC(c3ccccc3)OC2)c1.